The largest absolute Gasteiger partial charge is 0.483 e. The van der Waals surface area contributed by atoms with Crippen molar-refractivity contribution in [3.63, 3.8) is 0 Å². The summed E-state index contributed by atoms with van der Waals surface area (Å²) in [4.78, 5) is 8.17. The number of hydrogen-bond donors (Lipinski definition) is 0. The molecule has 0 aliphatic rings. The number of nitrogens with zero attached hydrogens (tertiary/aromatic N) is 2. The van der Waals surface area contributed by atoms with Gasteiger partial charge in [0.2, 0.25) is 0 Å². The molecule has 0 unspecified atom stereocenters. The van der Waals surface area contributed by atoms with Gasteiger partial charge in [-0.15, -0.1) is 0 Å². The lowest BCUT2D eigenvalue weighted by Crippen LogP contribution is -2.04. The fourth-order valence-electron chi connectivity index (χ4n) is 1.53. The fraction of sp³-hybridized carbons (Fsp3) is 0.231. The molecule has 0 aliphatic carbocycles. The van der Waals surface area contributed by atoms with E-state index < -0.39 is 0 Å². The Labute approximate surface area is 110 Å². The second-order valence-electron chi connectivity index (χ2n) is 3.92. The highest BCUT2D eigenvalue weighted by atomic mass is 35.5. The molecule has 0 fully saturated rings. The van der Waals surface area contributed by atoms with Crippen molar-refractivity contribution in [2.45, 2.75) is 20.5 Å². The Morgan fingerprint density at radius 2 is 2.06 bits per heavy atom. The van der Waals surface area contributed by atoms with E-state index in [9.17, 15) is 4.39 Å². The molecule has 0 amide bonds. The smallest absolute Gasteiger partial charge is 0.167 e. The van der Waals surface area contributed by atoms with Gasteiger partial charge < -0.3 is 4.74 Å². The van der Waals surface area contributed by atoms with E-state index in [0.717, 1.165) is 5.69 Å². The highest BCUT2D eigenvalue weighted by Gasteiger charge is 2.07. The van der Waals surface area contributed by atoms with E-state index in [0.29, 0.717) is 16.5 Å². The molecule has 0 saturated heterocycles. The summed E-state index contributed by atoms with van der Waals surface area (Å²) in [5.41, 5.74) is 1.29. The minimum atomic E-state index is -0.365. The van der Waals surface area contributed by atoms with Crippen LogP contribution in [0.2, 0.25) is 5.15 Å². The third-order valence-corrected chi connectivity index (χ3v) is 2.58. The van der Waals surface area contributed by atoms with Crippen LogP contribution in [0.25, 0.3) is 0 Å². The van der Waals surface area contributed by atoms with Gasteiger partial charge in [0.05, 0.1) is 0 Å². The molecule has 18 heavy (non-hydrogen) atoms. The predicted molar refractivity (Wildman–Crippen MR) is 67.2 cm³/mol. The number of hydrogen-bond acceptors (Lipinski definition) is 3. The number of ether oxygens (including phenoxy) is 1. The molecule has 1 aromatic carbocycles. The van der Waals surface area contributed by atoms with Gasteiger partial charge in [0.1, 0.15) is 11.8 Å². The van der Waals surface area contributed by atoms with E-state index in [1.54, 1.807) is 31.2 Å². The number of rotatable bonds is 3. The van der Waals surface area contributed by atoms with Crippen molar-refractivity contribution in [3.8, 4) is 5.75 Å². The minimum Gasteiger partial charge on any atom is -0.483 e. The van der Waals surface area contributed by atoms with Crippen LogP contribution in [-0.2, 0) is 6.61 Å². The minimum absolute atomic E-state index is 0.0851. The Balaban J connectivity index is 2.14. The topological polar surface area (TPSA) is 35.0 Å². The van der Waals surface area contributed by atoms with E-state index in [-0.39, 0.29) is 18.2 Å². The first kappa shape index (κ1) is 12.8. The average molecular weight is 267 g/mol. The van der Waals surface area contributed by atoms with E-state index in [4.69, 9.17) is 16.3 Å². The number of benzene rings is 1. The normalized spacial score (nSPS) is 10.4. The van der Waals surface area contributed by atoms with Gasteiger partial charge in [0.25, 0.3) is 0 Å². The number of aryl methyl sites for hydroxylation is 2. The second kappa shape index (κ2) is 5.31. The Hall–Kier alpha value is -1.68. The number of aromatic nitrogens is 2. The molecule has 0 radical (unpaired) electrons. The molecule has 0 aliphatic heterocycles. The van der Waals surface area contributed by atoms with Crippen molar-refractivity contribution in [1.82, 2.24) is 9.97 Å². The zero-order chi connectivity index (χ0) is 13.1. The van der Waals surface area contributed by atoms with Crippen LogP contribution in [0.15, 0.2) is 24.3 Å². The molecule has 0 N–H and O–H groups in total. The molecule has 1 aromatic heterocycles. The quantitative estimate of drug-likeness (QED) is 0.798. The Bertz CT molecular complexity index is 555. The van der Waals surface area contributed by atoms with Crippen molar-refractivity contribution >= 4 is 11.6 Å². The summed E-state index contributed by atoms with van der Waals surface area (Å²) in [6, 6.07) is 6.64. The Kier molecular flexibility index (Phi) is 3.77. The summed E-state index contributed by atoms with van der Waals surface area (Å²) < 4.78 is 19.0. The van der Waals surface area contributed by atoms with Gasteiger partial charge in [-0.25, -0.2) is 14.4 Å². The van der Waals surface area contributed by atoms with Crippen LogP contribution >= 0.6 is 11.6 Å². The van der Waals surface area contributed by atoms with Crippen molar-refractivity contribution in [2.24, 2.45) is 0 Å². The Morgan fingerprint density at radius 3 is 2.78 bits per heavy atom. The molecule has 3 nitrogen and oxygen atoms in total. The zero-order valence-electron chi connectivity index (χ0n) is 10.1. The van der Waals surface area contributed by atoms with Crippen LogP contribution in [0.1, 0.15) is 17.1 Å². The lowest BCUT2D eigenvalue weighted by Gasteiger charge is -2.08. The maximum Gasteiger partial charge on any atom is 0.167 e. The van der Waals surface area contributed by atoms with E-state index in [1.165, 1.54) is 0 Å². The van der Waals surface area contributed by atoms with Gasteiger partial charge in [0, 0.05) is 5.69 Å². The highest BCUT2D eigenvalue weighted by Crippen LogP contribution is 2.20. The SMILES string of the molecule is Cc1cc(Cl)nc(COc2cccc(C)c2F)n1. The van der Waals surface area contributed by atoms with Crippen LogP contribution in [0.5, 0.6) is 5.75 Å². The van der Waals surface area contributed by atoms with Crippen LogP contribution in [0.4, 0.5) is 4.39 Å². The summed E-state index contributed by atoms with van der Waals surface area (Å²) in [6.45, 7) is 3.58. The van der Waals surface area contributed by atoms with E-state index >= 15 is 0 Å². The van der Waals surface area contributed by atoms with Crippen LogP contribution in [0.3, 0.4) is 0 Å². The molecule has 0 saturated carbocycles. The monoisotopic (exact) mass is 266 g/mol. The summed E-state index contributed by atoms with van der Waals surface area (Å²) in [5.74, 6) is 0.258. The molecule has 2 rings (SSSR count). The first-order valence-corrected chi connectivity index (χ1v) is 5.82. The van der Waals surface area contributed by atoms with Gasteiger partial charge in [-0.1, -0.05) is 23.7 Å². The van der Waals surface area contributed by atoms with E-state index in [2.05, 4.69) is 9.97 Å². The van der Waals surface area contributed by atoms with Crippen molar-refractivity contribution in [3.05, 3.63) is 52.3 Å². The lowest BCUT2D eigenvalue weighted by molar-refractivity contribution is 0.280. The maximum atomic E-state index is 13.7. The first-order chi connectivity index (χ1) is 8.56. The third kappa shape index (κ3) is 2.96. The summed E-state index contributed by atoms with van der Waals surface area (Å²) in [7, 11) is 0. The fourth-order valence-corrected chi connectivity index (χ4v) is 1.78. The molecule has 1 heterocycles. The zero-order valence-corrected chi connectivity index (χ0v) is 10.8. The molecular formula is C13H12ClFN2O. The van der Waals surface area contributed by atoms with Crippen molar-refractivity contribution in [1.29, 1.82) is 0 Å². The first-order valence-electron chi connectivity index (χ1n) is 5.44. The van der Waals surface area contributed by atoms with Gasteiger partial charge >= 0.3 is 0 Å². The van der Waals surface area contributed by atoms with Gasteiger partial charge in [-0.3, -0.25) is 0 Å². The van der Waals surface area contributed by atoms with Gasteiger partial charge in [-0.2, -0.15) is 0 Å². The number of halogens is 2. The molecule has 5 heteroatoms. The molecule has 94 valence electrons. The van der Waals surface area contributed by atoms with Crippen molar-refractivity contribution in [2.75, 3.05) is 0 Å². The third-order valence-electron chi connectivity index (χ3n) is 2.38. The highest BCUT2D eigenvalue weighted by molar-refractivity contribution is 6.29. The second-order valence-corrected chi connectivity index (χ2v) is 4.31. The van der Waals surface area contributed by atoms with Crippen molar-refractivity contribution < 1.29 is 9.13 Å². The average Bonchev–Trinajstić information content (AvgIpc) is 2.30. The molecular weight excluding hydrogens is 255 g/mol. The van der Waals surface area contributed by atoms with Crippen LogP contribution in [-0.4, -0.2) is 9.97 Å². The standard InChI is InChI=1S/C13H12ClFN2O/c1-8-4-3-5-10(13(8)15)18-7-12-16-9(2)6-11(14)17-12/h3-6H,7H2,1-2H3. The van der Waals surface area contributed by atoms with Gasteiger partial charge in [0.15, 0.2) is 17.4 Å². The van der Waals surface area contributed by atoms with Gasteiger partial charge in [-0.05, 0) is 31.5 Å². The molecule has 0 atom stereocenters. The molecule has 0 spiro atoms. The van der Waals surface area contributed by atoms with E-state index in [1.807, 2.05) is 6.92 Å². The summed E-state index contributed by atoms with van der Waals surface area (Å²) in [6.07, 6.45) is 0. The Morgan fingerprint density at radius 1 is 1.28 bits per heavy atom. The van der Waals surface area contributed by atoms with Crippen LogP contribution < -0.4 is 4.74 Å². The molecule has 0 bridgehead atoms. The predicted octanol–water partition coefficient (Wildman–Crippen LogP) is 3.46. The maximum absolute atomic E-state index is 13.7. The lowest BCUT2D eigenvalue weighted by atomic mass is 10.2. The summed E-state index contributed by atoms with van der Waals surface area (Å²) in [5, 5.41) is 0.353. The molecule has 2 aromatic rings. The summed E-state index contributed by atoms with van der Waals surface area (Å²) >= 11 is 5.81. The van der Waals surface area contributed by atoms with Crippen LogP contribution in [0, 0.1) is 19.7 Å².